The van der Waals surface area contributed by atoms with Gasteiger partial charge in [0.2, 0.25) is 0 Å². The summed E-state index contributed by atoms with van der Waals surface area (Å²) in [6.07, 6.45) is 1.60. The van der Waals surface area contributed by atoms with Crippen LogP contribution in [0.5, 0.6) is 0 Å². The van der Waals surface area contributed by atoms with Gasteiger partial charge in [0, 0.05) is 17.6 Å². The lowest BCUT2D eigenvalue weighted by molar-refractivity contribution is -0.383. The van der Waals surface area contributed by atoms with Gasteiger partial charge in [-0.25, -0.2) is 4.98 Å². The van der Waals surface area contributed by atoms with Crippen LogP contribution in [-0.2, 0) is 0 Å². The third kappa shape index (κ3) is 3.00. The molecule has 0 radical (unpaired) electrons. The normalized spacial score (nSPS) is 10.8. The van der Waals surface area contributed by atoms with Gasteiger partial charge in [0.1, 0.15) is 10.7 Å². The number of rotatable bonds is 3. The van der Waals surface area contributed by atoms with E-state index in [9.17, 15) is 14.9 Å². The third-order valence-electron chi connectivity index (χ3n) is 4.03. The van der Waals surface area contributed by atoms with Crippen molar-refractivity contribution in [1.82, 2.24) is 15.0 Å². The third-order valence-corrected chi connectivity index (χ3v) is 4.32. The van der Waals surface area contributed by atoms with Gasteiger partial charge in [-0.2, -0.15) is 0 Å². The zero-order valence-corrected chi connectivity index (χ0v) is 14.5. The summed E-state index contributed by atoms with van der Waals surface area (Å²) < 4.78 is 0. The van der Waals surface area contributed by atoms with Crippen molar-refractivity contribution in [3.05, 3.63) is 81.0 Å². The highest BCUT2D eigenvalue weighted by molar-refractivity contribution is 7.81. The minimum Gasteiger partial charge on any atom is -0.337 e. The summed E-state index contributed by atoms with van der Waals surface area (Å²) >= 11 is 5.35. The Labute approximate surface area is 157 Å². The number of nitro benzene ring substituents is 1. The van der Waals surface area contributed by atoms with Crippen LogP contribution in [0, 0.1) is 10.1 Å². The zero-order chi connectivity index (χ0) is 19.0. The summed E-state index contributed by atoms with van der Waals surface area (Å²) in [7, 11) is 0. The first-order valence-corrected chi connectivity index (χ1v) is 8.28. The Morgan fingerprint density at radius 2 is 1.85 bits per heavy atom. The molecule has 9 heteroatoms. The molecule has 2 heterocycles. The number of para-hydroxylation sites is 1. The van der Waals surface area contributed by atoms with Crippen LogP contribution < -0.4 is 10.9 Å². The highest BCUT2D eigenvalue weighted by atomic mass is 32.1. The van der Waals surface area contributed by atoms with E-state index in [1.165, 1.54) is 6.07 Å². The van der Waals surface area contributed by atoms with Crippen molar-refractivity contribution in [1.29, 1.82) is 0 Å². The first kappa shape index (κ1) is 16.7. The van der Waals surface area contributed by atoms with E-state index < -0.39 is 4.92 Å². The summed E-state index contributed by atoms with van der Waals surface area (Å²) in [4.78, 5) is 34.4. The molecule has 0 saturated heterocycles. The van der Waals surface area contributed by atoms with Crippen molar-refractivity contribution >= 4 is 50.4 Å². The molecule has 0 aliphatic heterocycles. The number of benzene rings is 2. The average Bonchev–Trinajstić information content (AvgIpc) is 2.68. The highest BCUT2D eigenvalue weighted by Gasteiger charge is 2.19. The molecule has 0 atom stereocenters. The smallest absolute Gasteiger partial charge is 0.293 e. The second-order valence-electron chi connectivity index (χ2n) is 5.67. The van der Waals surface area contributed by atoms with Crippen molar-refractivity contribution < 1.29 is 4.92 Å². The molecule has 27 heavy (non-hydrogen) atoms. The van der Waals surface area contributed by atoms with Crippen LogP contribution in [0.15, 0.2) is 59.5 Å². The zero-order valence-electron chi connectivity index (χ0n) is 13.7. The quantitative estimate of drug-likeness (QED) is 0.320. The minimum absolute atomic E-state index is 0.0670. The Morgan fingerprint density at radius 3 is 2.67 bits per heavy atom. The van der Waals surface area contributed by atoms with Gasteiger partial charge in [-0.3, -0.25) is 19.9 Å². The fourth-order valence-corrected chi connectivity index (χ4v) is 2.99. The Hall–Kier alpha value is -3.72. The molecular weight excluding hydrogens is 366 g/mol. The van der Waals surface area contributed by atoms with E-state index in [1.54, 1.807) is 48.7 Å². The molecule has 0 amide bonds. The van der Waals surface area contributed by atoms with E-state index in [1.807, 2.05) is 0 Å². The number of H-pyrrole nitrogens is 1. The van der Waals surface area contributed by atoms with Gasteiger partial charge in [-0.1, -0.05) is 24.4 Å². The SMILES string of the molecule is O=c1[nH]c(C(=S)Nc2c([N+](=O)[O-])ccc3ncccc23)nc2ccccc12. The molecule has 4 aromatic rings. The molecule has 8 nitrogen and oxygen atoms in total. The molecule has 0 aliphatic rings. The van der Waals surface area contributed by atoms with E-state index >= 15 is 0 Å². The monoisotopic (exact) mass is 377 g/mol. The van der Waals surface area contributed by atoms with Crippen LogP contribution in [0.3, 0.4) is 0 Å². The summed E-state index contributed by atoms with van der Waals surface area (Å²) in [5.74, 6) is 0.129. The molecule has 0 aliphatic carbocycles. The Morgan fingerprint density at radius 1 is 1.07 bits per heavy atom. The van der Waals surface area contributed by atoms with Crippen molar-refractivity contribution in [2.24, 2.45) is 0 Å². The van der Waals surface area contributed by atoms with Crippen molar-refractivity contribution in [2.75, 3.05) is 5.32 Å². The Balaban J connectivity index is 1.83. The maximum Gasteiger partial charge on any atom is 0.293 e. The number of pyridine rings is 1. The predicted molar refractivity (Wildman–Crippen MR) is 106 cm³/mol. The van der Waals surface area contributed by atoms with Gasteiger partial charge in [0.25, 0.3) is 11.2 Å². The number of hydrogen-bond acceptors (Lipinski definition) is 6. The van der Waals surface area contributed by atoms with Crippen molar-refractivity contribution in [3.8, 4) is 0 Å². The number of hydrogen-bond donors (Lipinski definition) is 2. The van der Waals surface area contributed by atoms with Crippen LogP contribution in [0.25, 0.3) is 21.8 Å². The molecule has 2 aromatic carbocycles. The second kappa shape index (κ2) is 6.54. The number of nitrogens with zero attached hydrogens (tertiary/aromatic N) is 3. The summed E-state index contributed by atoms with van der Waals surface area (Å²) in [6.45, 7) is 0. The number of aromatic nitrogens is 3. The Bertz CT molecular complexity index is 1280. The maximum atomic E-state index is 12.2. The molecule has 0 spiro atoms. The fourth-order valence-electron chi connectivity index (χ4n) is 2.79. The summed E-state index contributed by atoms with van der Waals surface area (Å²) in [6, 6.07) is 13.2. The van der Waals surface area contributed by atoms with Crippen LogP contribution in [0.2, 0.25) is 0 Å². The van der Waals surface area contributed by atoms with Gasteiger partial charge in [0.15, 0.2) is 5.82 Å². The number of nitrogens with one attached hydrogen (secondary N) is 2. The standard InChI is InChI=1S/C18H11N5O3S/c24-17-11-4-1-2-6-13(11)20-16(22-17)18(27)21-15-10-5-3-9-19-12(10)7-8-14(15)23(25)26/h1-9H,(H,21,27)(H,20,22,24). The number of anilines is 1. The van der Waals surface area contributed by atoms with Crippen LogP contribution in [0.4, 0.5) is 11.4 Å². The highest BCUT2D eigenvalue weighted by Crippen LogP contribution is 2.32. The molecule has 2 N–H and O–H groups in total. The van der Waals surface area contributed by atoms with Gasteiger partial charge in [0.05, 0.1) is 21.3 Å². The van der Waals surface area contributed by atoms with Crippen LogP contribution in [0.1, 0.15) is 5.82 Å². The number of thiocarbonyl (C=S) groups is 1. The largest absolute Gasteiger partial charge is 0.337 e. The second-order valence-corrected chi connectivity index (χ2v) is 6.08. The molecular formula is C18H11N5O3S. The maximum absolute atomic E-state index is 12.2. The first-order chi connectivity index (χ1) is 13.0. The van der Waals surface area contributed by atoms with Gasteiger partial charge in [-0.05, 0) is 30.3 Å². The van der Waals surface area contributed by atoms with E-state index in [0.29, 0.717) is 21.8 Å². The van der Waals surface area contributed by atoms with Gasteiger partial charge >= 0.3 is 0 Å². The number of aromatic amines is 1. The molecule has 0 bridgehead atoms. The average molecular weight is 377 g/mol. The summed E-state index contributed by atoms with van der Waals surface area (Å²) in [5, 5.41) is 15.3. The van der Waals surface area contributed by atoms with Crippen molar-refractivity contribution in [2.45, 2.75) is 0 Å². The predicted octanol–water partition coefficient (Wildman–Crippen LogP) is 3.17. The van der Waals surface area contributed by atoms with Crippen molar-refractivity contribution in [3.63, 3.8) is 0 Å². The molecule has 0 saturated carbocycles. The van der Waals surface area contributed by atoms with E-state index in [0.717, 1.165) is 0 Å². The number of nitro groups is 1. The Kier molecular flexibility index (Phi) is 4.05. The topological polar surface area (TPSA) is 114 Å². The minimum atomic E-state index is -0.506. The summed E-state index contributed by atoms with van der Waals surface area (Å²) in [5.41, 5.74) is 0.768. The van der Waals surface area contributed by atoms with E-state index in [2.05, 4.69) is 20.3 Å². The van der Waals surface area contributed by atoms with E-state index in [-0.39, 0.29) is 27.7 Å². The van der Waals surface area contributed by atoms with E-state index in [4.69, 9.17) is 12.2 Å². The molecule has 4 rings (SSSR count). The first-order valence-electron chi connectivity index (χ1n) is 7.87. The molecule has 132 valence electrons. The van der Waals surface area contributed by atoms with Crippen LogP contribution >= 0.6 is 12.2 Å². The van der Waals surface area contributed by atoms with Gasteiger partial charge < -0.3 is 10.3 Å². The van der Waals surface area contributed by atoms with Gasteiger partial charge in [-0.15, -0.1) is 0 Å². The number of fused-ring (bicyclic) bond motifs is 2. The fraction of sp³-hybridized carbons (Fsp3) is 0. The van der Waals surface area contributed by atoms with Crippen LogP contribution in [-0.4, -0.2) is 24.9 Å². The lowest BCUT2D eigenvalue weighted by Gasteiger charge is -2.11. The lowest BCUT2D eigenvalue weighted by Crippen LogP contribution is -2.20. The molecule has 2 aromatic heterocycles. The molecule has 0 fully saturated rings. The lowest BCUT2D eigenvalue weighted by atomic mass is 10.1. The molecule has 0 unspecified atom stereocenters.